The number of hydrogen-bond donors (Lipinski definition) is 0. The number of rotatable bonds is 4. The van der Waals surface area contributed by atoms with Gasteiger partial charge >= 0.3 is 0 Å². The molecule has 1 heterocycles. The first-order valence-corrected chi connectivity index (χ1v) is 10.6. The van der Waals surface area contributed by atoms with Crippen molar-refractivity contribution in [1.29, 1.82) is 5.26 Å². The highest BCUT2D eigenvalue weighted by molar-refractivity contribution is 7.89. The molecule has 2 aliphatic carbocycles. The van der Waals surface area contributed by atoms with Crippen molar-refractivity contribution in [2.75, 3.05) is 12.3 Å². The largest absolute Gasteiger partial charge is 0.216 e. The molecule has 5 heteroatoms. The van der Waals surface area contributed by atoms with Gasteiger partial charge < -0.3 is 0 Å². The molecule has 128 valence electrons. The highest BCUT2D eigenvalue weighted by atomic mass is 32.2. The summed E-state index contributed by atoms with van der Waals surface area (Å²) in [6, 6.07) is 12.3. The zero-order valence-corrected chi connectivity index (χ0v) is 14.8. The minimum Gasteiger partial charge on any atom is -0.212 e. The van der Waals surface area contributed by atoms with Crippen LogP contribution in [0.4, 0.5) is 0 Å². The van der Waals surface area contributed by atoms with Gasteiger partial charge in [0.1, 0.15) is 0 Å². The SMILES string of the molecule is N#CC1(CS(=O)(=O)N2CC3(CCCCC3)C2c2ccccc2)CC1. The van der Waals surface area contributed by atoms with Crippen LogP contribution in [0.5, 0.6) is 0 Å². The Bertz CT molecular complexity index is 756. The smallest absolute Gasteiger partial charge is 0.212 e. The Balaban J connectivity index is 1.65. The van der Waals surface area contributed by atoms with E-state index < -0.39 is 15.4 Å². The number of nitrogens with zero attached hydrogens (tertiary/aromatic N) is 2. The molecule has 1 atom stereocenters. The van der Waals surface area contributed by atoms with Crippen LogP contribution in [0.3, 0.4) is 0 Å². The Morgan fingerprint density at radius 1 is 1.08 bits per heavy atom. The molecule has 2 saturated carbocycles. The first-order chi connectivity index (χ1) is 11.5. The second-order valence-electron chi connectivity index (χ2n) is 7.93. The molecule has 4 nitrogen and oxygen atoms in total. The molecule has 1 unspecified atom stereocenters. The van der Waals surface area contributed by atoms with Gasteiger partial charge in [-0.2, -0.15) is 9.57 Å². The summed E-state index contributed by atoms with van der Waals surface area (Å²) in [5.41, 5.74) is 0.599. The predicted octanol–water partition coefficient (Wildman–Crippen LogP) is 3.63. The Morgan fingerprint density at radius 2 is 1.75 bits per heavy atom. The zero-order valence-electron chi connectivity index (χ0n) is 13.9. The van der Waals surface area contributed by atoms with Gasteiger partial charge in [0.25, 0.3) is 0 Å². The summed E-state index contributed by atoms with van der Waals surface area (Å²) >= 11 is 0. The summed E-state index contributed by atoms with van der Waals surface area (Å²) in [6.07, 6.45) is 7.31. The third-order valence-electron chi connectivity index (χ3n) is 6.21. The van der Waals surface area contributed by atoms with Gasteiger partial charge in [0.15, 0.2) is 0 Å². The lowest BCUT2D eigenvalue weighted by atomic mass is 9.62. The molecule has 1 spiro atoms. The van der Waals surface area contributed by atoms with Crippen molar-refractivity contribution in [2.24, 2.45) is 10.8 Å². The van der Waals surface area contributed by atoms with Gasteiger partial charge in [-0.05, 0) is 31.2 Å². The molecule has 1 aliphatic heterocycles. The third-order valence-corrected chi connectivity index (χ3v) is 8.18. The summed E-state index contributed by atoms with van der Waals surface area (Å²) in [5, 5.41) is 9.28. The molecule has 1 aromatic carbocycles. The highest BCUT2D eigenvalue weighted by Gasteiger charge is 2.59. The minimum absolute atomic E-state index is 0.00405. The van der Waals surface area contributed by atoms with Gasteiger partial charge in [0, 0.05) is 12.0 Å². The zero-order chi connectivity index (χ0) is 16.8. The van der Waals surface area contributed by atoms with E-state index in [0.717, 1.165) is 31.2 Å². The maximum Gasteiger partial charge on any atom is 0.216 e. The molecule has 0 bridgehead atoms. The van der Waals surface area contributed by atoms with Gasteiger partial charge in [-0.3, -0.25) is 0 Å². The topological polar surface area (TPSA) is 61.2 Å². The van der Waals surface area contributed by atoms with Crippen LogP contribution in [0.2, 0.25) is 0 Å². The molecule has 0 N–H and O–H groups in total. The average molecular weight is 344 g/mol. The summed E-state index contributed by atoms with van der Waals surface area (Å²) < 4.78 is 27.7. The van der Waals surface area contributed by atoms with Crippen molar-refractivity contribution in [3.8, 4) is 6.07 Å². The Hall–Kier alpha value is -1.38. The second kappa shape index (κ2) is 5.57. The van der Waals surface area contributed by atoms with Crippen LogP contribution in [-0.2, 0) is 10.0 Å². The number of sulfonamides is 1. The first-order valence-electron chi connectivity index (χ1n) is 8.96. The fourth-order valence-electron chi connectivity index (χ4n) is 4.65. The van der Waals surface area contributed by atoms with Crippen LogP contribution in [0.25, 0.3) is 0 Å². The molecule has 1 saturated heterocycles. The number of nitriles is 1. The van der Waals surface area contributed by atoms with Gasteiger partial charge in [0.05, 0.1) is 23.3 Å². The monoisotopic (exact) mass is 344 g/mol. The van der Waals surface area contributed by atoms with Crippen LogP contribution in [0.15, 0.2) is 30.3 Å². The molecule has 0 aromatic heterocycles. The normalized spacial score (nSPS) is 28.0. The Labute approximate surface area is 144 Å². The van der Waals surface area contributed by atoms with Crippen molar-refractivity contribution < 1.29 is 8.42 Å². The fourth-order valence-corrected chi connectivity index (χ4v) is 6.99. The minimum atomic E-state index is -3.39. The predicted molar refractivity (Wildman–Crippen MR) is 92.5 cm³/mol. The summed E-state index contributed by atoms with van der Waals surface area (Å²) in [7, 11) is -3.39. The van der Waals surface area contributed by atoms with E-state index in [0.29, 0.717) is 6.54 Å². The van der Waals surface area contributed by atoms with E-state index in [9.17, 15) is 13.7 Å². The Morgan fingerprint density at radius 3 is 2.33 bits per heavy atom. The molecule has 0 radical (unpaired) electrons. The summed E-state index contributed by atoms with van der Waals surface area (Å²) in [6.45, 7) is 0.635. The average Bonchev–Trinajstić information content (AvgIpc) is 3.34. The fraction of sp³-hybridized carbons (Fsp3) is 0.632. The molecule has 3 fully saturated rings. The van der Waals surface area contributed by atoms with E-state index in [1.54, 1.807) is 4.31 Å². The van der Waals surface area contributed by atoms with Gasteiger partial charge in [-0.25, -0.2) is 8.42 Å². The van der Waals surface area contributed by atoms with E-state index in [1.165, 1.54) is 19.3 Å². The molecule has 1 aromatic rings. The third kappa shape index (κ3) is 2.57. The van der Waals surface area contributed by atoms with E-state index in [1.807, 2.05) is 18.2 Å². The van der Waals surface area contributed by atoms with Gasteiger partial charge in [0.2, 0.25) is 10.0 Å². The molecule has 24 heavy (non-hydrogen) atoms. The quantitative estimate of drug-likeness (QED) is 0.838. The summed E-state index contributed by atoms with van der Waals surface area (Å²) in [5.74, 6) is -0.00405. The lowest BCUT2D eigenvalue weighted by Gasteiger charge is -2.58. The van der Waals surface area contributed by atoms with Gasteiger partial charge in [-0.1, -0.05) is 49.6 Å². The lowest BCUT2D eigenvalue weighted by molar-refractivity contribution is -0.0442. The van der Waals surface area contributed by atoms with Crippen molar-refractivity contribution in [1.82, 2.24) is 4.31 Å². The first kappa shape index (κ1) is 16.1. The Kier molecular flexibility index (Phi) is 3.74. The van der Waals surface area contributed by atoms with Crippen molar-refractivity contribution in [2.45, 2.75) is 51.0 Å². The summed E-state index contributed by atoms with van der Waals surface area (Å²) in [4.78, 5) is 0. The van der Waals surface area contributed by atoms with Crippen LogP contribution < -0.4 is 0 Å². The maximum absolute atomic E-state index is 13.0. The number of benzene rings is 1. The molecular formula is C19H24N2O2S. The molecule has 4 rings (SSSR count). The van der Waals surface area contributed by atoms with E-state index in [4.69, 9.17) is 0 Å². The van der Waals surface area contributed by atoms with Crippen molar-refractivity contribution in [3.63, 3.8) is 0 Å². The highest BCUT2D eigenvalue weighted by Crippen LogP contribution is 2.59. The molecule has 3 aliphatic rings. The lowest BCUT2D eigenvalue weighted by Crippen LogP contribution is -2.61. The van der Waals surface area contributed by atoms with Gasteiger partial charge in [-0.15, -0.1) is 0 Å². The maximum atomic E-state index is 13.0. The van der Waals surface area contributed by atoms with E-state index in [-0.39, 0.29) is 17.2 Å². The molecular weight excluding hydrogens is 320 g/mol. The van der Waals surface area contributed by atoms with Crippen molar-refractivity contribution in [3.05, 3.63) is 35.9 Å². The van der Waals surface area contributed by atoms with Crippen LogP contribution in [0, 0.1) is 22.2 Å². The van der Waals surface area contributed by atoms with Crippen molar-refractivity contribution >= 4 is 10.0 Å². The van der Waals surface area contributed by atoms with Crippen LogP contribution in [0.1, 0.15) is 56.6 Å². The standard InChI is InChI=1S/C19H24N2O2S/c20-13-18(11-12-18)15-24(22,23)21-14-19(9-5-2-6-10-19)17(21)16-7-3-1-4-8-16/h1,3-4,7-8,17H,2,5-6,9-12,14-15H2. The second-order valence-corrected chi connectivity index (χ2v) is 9.85. The van der Waals surface area contributed by atoms with E-state index >= 15 is 0 Å². The van der Waals surface area contributed by atoms with Crippen LogP contribution >= 0.6 is 0 Å². The number of hydrogen-bond acceptors (Lipinski definition) is 3. The van der Waals surface area contributed by atoms with E-state index in [2.05, 4.69) is 18.2 Å². The molecule has 0 amide bonds. The van der Waals surface area contributed by atoms with Crippen LogP contribution in [-0.4, -0.2) is 25.0 Å².